The van der Waals surface area contributed by atoms with E-state index in [0.29, 0.717) is 0 Å². The molecule has 18 heavy (non-hydrogen) atoms. The zero-order valence-electron chi connectivity index (χ0n) is 10.8. The maximum Gasteiger partial charge on any atom is 0.123 e. The second kappa shape index (κ2) is 5.78. The molecule has 94 valence electrons. The largest absolute Gasteiger partial charge is 0.313 e. The van der Waals surface area contributed by atoms with E-state index in [1.165, 1.54) is 23.3 Å². The minimum absolute atomic E-state index is 0.194. The van der Waals surface area contributed by atoms with Gasteiger partial charge in [-0.05, 0) is 47.9 Å². The first-order chi connectivity index (χ1) is 8.70. The molecule has 0 bridgehead atoms. The van der Waals surface area contributed by atoms with Crippen molar-refractivity contribution in [2.75, 3.05) is 6.54 Å². The summed E-state index contributed by atoms with van der Waals surface area (Å²) in [5.41, 5.74) is 4.72. The summed E-state index contributed by atoms with van der Waals surface area (Å²) in [6.45, 7) is 6.05. The zero-order valence-corrected chi connectivity index (χ0v) is 10.8. The topological polar surface area (TPSA) is 12.0 Å². The Morgan fingerprint density at radius 1 is 1.06 bits per heavy atom. The van der Waals surface area contributed by atoms with Crippen molar-refractivity contribution in [3.8, 4) is 11.1 Å². The molecule has 0 aliphatic carbocycles. The molecule has 0 atom stereocenters. The van der Waals surface area contributed by atoms with Gasteiger partial charge in [0.15, 0.2) is 0 Å². The number of aryl methyl sites for hydroxylation is 1. The van der Waals surface area contributed by atoms with Gasteiger partial charge in [0, 0.05) is 6.54 Å². The van der Waals surface area contributed by atoms with Crippen molar-refractivity contribution in [2.45, 2.75) is 20.4 Å². The third-order valence-corrected chi connectivity index (χ3v) is 3.03. The summed E-state index contributed by atoms with van der Waals surface area (Å²) in [6.07, 6.45) is 0. The van der Waals surface area contributed by atoms with Gasteiger partial charge in [-0.15, -0.1) is 0 Å². The van der Waals surface area contributed by atoms with E-state index < -0.39 is 0 Å². The minimum Gasteiger partial charge on any atom is -0.313 e. The molecular formula is C16H18FN. The fourth-order valence-corrected chi connectivity index (χ4v) is 2.06. The average molecular weight is 243 g/mol. The SMILES string of the molecule is CCNCc1ccc(-c2ccc(F)cc2)c(C)c1. The molecule has 0 aliphatic rings. The first-order valence-corrected chi connectivity index (χ1v) is 6.27. The van der Waals surface area contributed by atoms with Crippen molar-refractivity contribution in [2.24, 2.45) is 0 Å². The quantitative estimate of drug-likeness (QED) is 0.858. The molecule has 0 fully saturated rings. The van der Waals surface area contributed by atoms with Gasteiger partial charge in [-0.2, -0.15) is 0 Å². The number of benzene rings is 2. The normalized spacial score (nSPS) is 10.6. The fourth-order valence-electron chi connectivity index (χ4n) is 2.06. The predicted octanol–water partition coefficient (Wildman–Crippen LogP) is 3.91. The maximum atomic E-state index is 12.9. The second-order valence-electron chi connectivity index (χ2n) is 4.44. The average Bonchev–Trinajstić information content (AvgIpc) is 2.38. The van der Waals surface area contributed by atoms with E-state index in [4.69, 9.17) is 0 Å². The van der Waals surface area contributed by atoms with Gasteiger partial charge in [0.1, 0.15) is 5.82 Å². The van der Waals surface area contributed by atoms with Crippen LogP contribution in [-0.2, 0) is 6.54 Å². The number of hydrogen-bond donors (Lipinski definition) is 1. The third-order valence-electron chi connectivity index (χ3n) is 3.03. The van der Waals surface area contributed by atoms with E-state index in [9.17, 15) is 4.39 Å². The lowest BCUT2D eigenvalue weighted by Gasteiger charge is -2.09. The van der Waals surface area contributed by atoms with Gasteiger partial charge in [-0.3, -0.25) is 0 Å². The van der Waals surface area contributed by atoms with Crippen LogP contribution in [0.2, 0.25) is 0 Å². The van der Waals surface area contributed by atoms with Crippen LogP contribution < -0.4 is 5.32 Å². The van der Waals surface area contributed by atoms with Crippen LogP contribution in [0.25, 0.3) is 11.1 Å². The molecule has 2 aromatic carbocycles. The van der Waals surface area contributed by atoms with E-state index in [-0.39, 0.29) is 5.82 Å². The number of halogens is 1. The van der Waals surface area contributed by atoms with E-state index in [1.807, 2.05) is 12.1 Å². The molecule has 2 aromatic rings. The van der Waals surface area contributed by atoms with Gasteiger partial charge in [0.05, 0.1) is 0 Å². The Morgan fingerprint density at radius 3 is 2.39 bits per heavy atom. The molecule has 0 aliphatic heterocycles. The molecule has 0 aromatic heterocycles. The highest BCUT2D eigenvalue weighted by Gasteiger charge is 2.03. The lowest BCUT2D eigenvalue weighted by atomic mass is 9.98. The predicted molar refractivity (Wildman–Crippen MR) is 74.0 cm³/mol. The summed E-state index contributed by atoms with van der Waals surface area (Å²) in [5, 5.41) is 3.31. The fraction of sp³-hybridized carbons (Fsp3) is 0.250. The van der Waals surface area contributed by atoms with Gasteiger partial charge in [-0.25, -0.2) is 4.39 Å². The zero-order chi connectivity index (χ0) is 13.0. The van der Waals surface area contributed by atoms with Gasteiger partial charge in [0.2, 0.25) is 0 Å². The third kappa shape index (κ3) is 2.96. The number of nitrogens with one attached hydrogen (secondary N) is 1. The van der Waals surface area contributed by atoms with E-state index >= 15 is 0 Å². The minimum atomic E-state index is -0.194. The highest BCUT2D eigenvalue weighted by atomic mass is 19.1. The standard InChI is InChI=1S/C16H18FN/c1-3-18-11-13-4-9-16(12(2)10-13)14-5-7-15(17)8-6-14/h4-10,18H,3,11H2,1-2H3. The molecule has 0 saturated carbocycles. The monoisotopic (exact) mass is 243 g/mol. The second-order valence-corrected chi connectivity index (χ2v) is 4.44. The van der Waals surface area contributed by atoms with Gasteiger partial charge in [0.25, 0.3) is 0 Å². The van der Waals surface area contributed by atoms with Gasteiger partial charge >= 0.3 is 0 Å². The van der Waals surface area contributed by atoms with Gasteiger partial charge < -0.3 is 5.32 Å². The van der Waals surface area contributed by atoms with Crippen LogP contribution in [0.1, 0.15) is 18.1 Å². The summed E-state index contributed by atoms with van der Waals surface area (Å²) >= 11 is 0. The summed E-state index contributed by atoms with van der Waals surface area (Å²) in [5.74, 6) is -0.194. The van der Waals surface area contributed by atoms with Crippen LogP contribution in [0, 0.1) is 12.7 Å². The highest BCUT2D eigenvalue weighted by molar-refractivity contribution is 5.67. The summed E-state index contributed by atoms with van der Waals surface area (Å²) in [4.78, 5) is 0. The van der Waals surface area contributed by atoms with Crippen molar-refractivity contribution in [1.29, 1.82) is 0 Å². The summed E-state index contributed by atoms with van der Waals surface area (Å²) in [6, 6.07) is 13.1. The molecule has 0 radical (unpaired) electrons. The van der Waals surface area contributed by atoms with Crippen LogP contribution in [0.5, 0.6) is 0 Å². The molecule has 0 spiro atoms. The first-order valence-electron chi connectivity index (χ1n) is 6.27. The molecular weight excluding hydrogens is 225 g/mol. The molecule has 1 N–H and O–H groups in total. The lowest BCUT2D eigenvalue weighted by molar-refractivity contribution is 0.628. The van der Waals surface area contributed by atoms with Crippen LogP contribution in [0.3, 0.4) is 0 Å². The Morgan fingerprint density at radius 2 is 1.78 bits per heavy atom. The molecule has 2 heteroatoms. The Hall–Kier alpha value is -1.67. The van der Waals surface area contributed by atoms with E-state index in [2.05, 4.69) is 37.4 Å². The van der Waals surface area contributed by atoms with Crippen LogP contribution in [-0.4, -0.2) is 6.54 Å². The Balaban J connectivity index is 2.26. The smallest absolute Gasteiger partial charge is 0.123 e. The van der Waals surface area contributed by atoms with Crippen molar-refractivity contribution >= 4 is 0 Å². The Bertz CT molecular complexity index is 517. The van der Waals surface area contributed by atoms with E-state index in [1.54, 1.807) is 0 Å². The van der Waals surface area contributed by atoms with Crippen molar-refractivity contribution < 1.29 is 4.39 Å². The van der Waals surface area contributed by atoms with Crippen molar-refractivity contribution in [1.82, 2.24) is 5.32 Å². The van der Waals surface area contributed by atoms with Crippen molar-refractivity contribution in [3.05, 3.63) is 59.4 Å². The molecule has 2 rings (SSSR count). The Labute approximate surface area is 108 Å². The van der Waals surface area contributed by atoms with Crippen molar-refractivity contribution in [3.63, 3.8) is 0 Å². The number of hydrogen-bond acceptors (Lipinski definition) is 1. The molecule has 0 unspecified atom stereocenters. The van der Waals surface area contributed by atoms with Crippen LogP contribution in [0.15, 0.2) is 42.5 Å². The van der Waals surface area contributed by atoms with E-state index in [0.717, 1.165) is 24.2 Å². The van der Waals surface area contributed by atoms with Crippen LogP contribution >= 0.6 is 0 Å². The lowest BCUT2D eigenvalue weighted by Crippen LogP contribution is -2.11. The Kier molecular flexibility index (Phi) is 4.11. The highest BCUT2D eigenvalue weighted by Crippen LogP contribution is 2.24. The summed E-state index contributed by atoms with van der Waals surface area (Å²) < 4.78 is 12.9. The van der Waals surface area contributed by atoms with Crippen LogP contribution in [0.4, 0.5) is 4.39 Å². The first kappa shape index (κ1) is 12.8. The number of rotatable bonds is 4. The van der Waals surface area contributed by atoms with Gasteiger partial charge in [-0.1, -0.05) is 37.3 Å². The molecule has 0 heterocycles. The summed E-state index contributed by atoms with van der Waals surface area (Å²) in [7, 11) is 0. The molecule has 0 amide bonds. The maximum absolute atomic E-state index is 12.9. The molecule has 1 nitrogen and oxygen atoms in total. The molecule has 0 saturated heterocycles.